The van der Waals surface area contributed by atoms with Crippen LogP contribution in [0, 0.1) is 5.92 Å². The van der Waals surface area contributed by atoms with Crippen LogP contribution in [-0.2, 0) is 14.3 Å². The molecule has 0 bridgehead atoms. The smallest absolute Gasteiger partial charge is 0.480 e. The van der Waals surface area contributed by atoms with Gasteiger partial charge in [-0.2, -0.15) is 0 Å². The van der Waals surface area contributed by atoms with E-state index in [1.807, 2.05) is 19.1 Å². The highest BCUT2D eigenvalue weighted by Crippen LogP contribution is 2.38. The molecule has 8 nitrogen and oxygen atoms in total. The molecule has 0 aromatic heterocycles. The summed E-state index contributed by atoms with van der Waals surface area (Å²) in [5, 5.41) is 20.9. The van der Waals surface area contributed by atoms with E-state index in [4.69, 9.17) is 9.84 Å². The third-order valence-electron chi connectivity index (χ3n) is 4.58. The average molecular weight is 340 g/mol. The van der Waals surface area contributed by atoms with Gasteiger partial charge in [-0.05, 0) is 25.7 Å². The standard InChI is InChI=1S/C16H24N2O6/c1-3-5-11(15(20)21)17-9(2)14(19)18-12-7-4-6-10(12)8-13(18)24-16(22)23/h4,7,9-13,17H,3,5-6,8H2,1-2H3,(H,20,21)(H,22,23)/t9-,10?,11-,12?,13?/m0/s1. The van der Waals surface area contributed by atoms with Gasteiger partial charge in [-0.25, -0.2) is 4.79 Å². The van der Waals surface area contributed by atoms with Crippen LogP contribution in [0.5, 0.6) is 0 Å². The lowest BCUT2D eigenvalue weighted by Gasteiger charge is -2.31. The molecule has 5 atom stereocenters. The summed E-state index contributed by atoms with van der Waals surface area (Å²) in [5.74, 6) is -1.20. The normalized spacial score (nSPS) is 27.6. The van der Waals surface area contributed by atoms with Crippen molar-refractivity contribution in [3.8, 4) is 0 Å². The number of nitrogens with zero attached hydrogens (tertiary/aromatic N) is 1. The molecule has 134 valence electrons. The Bertz CT molecular complexity index is 535. The molecule has 0 aromatic rings. The fourth-order valence-electron chi connectivity index (χ4n) is 3.48. The maximum Gasteiger partial charge on any atom is 0.507 e. The van der Waals surface area contributed by atoms with Crippen molar-refractivity contribution < 1.29 is 29.3 Å². The van der Waals surface area contributed by atoms with E-state index in [9.17, 15) is 19.5 Å². The number of hydrogen-bond donors (Lipinski definition) is 3. The number of likely N-dealkylation sites (tertiary alicyclic amines) is 1. The highest BCUT2D eigenvalue weighted by molar-refractivity contribution is 5.84. The van der Waals surface area contributed by atoms with Crippen LogP contribution in [0.2, 0.25) is 0 Å². The summed E-state index contributed by atoms with van der Waals surface area (Å²) in [6.07, 6.45) is 3.94. The van der Waals surface area contributed by atoms with Crippen molar-refractivity contribution in [1.82, 2.24) is 10.2 Å². The minimum Gasteiger partial charge on any atom is -0.480 e. The zero-order valence-corrected chi connectivity index (χ0v) is 13.8. The highest BCUT2D eigenvalue weighted by Gasteiger charge is 2.47. The van der Waals surface area contributed by atoms with Gasteiger partial charge in [-0.15, -0.1) is 0 Å². The second-order valence-electron chi connectivity index (χ2n) is 6.30. The summed E-state index contributed by atoms with van der Waals surface area (Å²) in [6, 6.07) is -1.75. The van der Waals surface area contributed by atoms with E-state index in [-0.39, 0.29) is 17.9 Å². The summed E-state index contributed by atoms with van der Waals surface area (Å²) in [5.41, 5.74) is 0. The molecule has 3 N–H and O–H groups in total. The minimum absolute atomic E-state index is 0.149. The predicted octanol–water partition coefficient (Wildman–Crippen LogP) is 1.42. The maximum atomic E-state index is 12.8. The number of carbonyl (C=O) groups excluding carboxylic acids is 1. The second kappa shape index (κ2) is 7.65. The third-order valence-corrected chi connectivity index (χ3v) is 4.58. The summed E-state index contributed by atoms with van der Waals surface area (Å²) < 4.78 is 4.88. The monoisotopic (exact) mass is 340 g/mol. The highest BCUT2D eigenvalue weighted by atomic mass is 16.7. The molecular weight excluding hydrogens is 316 g/mol. The molecule has 0 radical (unpaired) electrons. The van der Waals surface area contributed by atoms with Crippen LogP contribution < -0.4 is 5.32 Å². The van der Waals surface area contributed by atoms with Gasteiger partial charge in [0.1, 0.15) is 6.04 Å². The van der Waals surface area contributed by atoms with Crippen molar-refractivity contribution in [2.75, 3.05) is 0 Å². The van der Waals surface area contributed by atoms with Crippen LogP contribution in [0.4, 0.5) is 4.79 Å². The fourth-order valence-corrected chi connectivity index (χ4v) is 3.48. The fraction of sp³-hybridized carbons (Fsp3) is 0.688. The Morgan fingerprint density at radius 2 is 2.08 bits per heavy atom. The molecule has 0 aromatic carbocycles. The first-order valence-electron chi connectivity index (χ1n) is 8.22. The summed E-state index contributed by atoms with van der Waals surface area (Å²) in [7, 11) is 0. The van der Waals surface area contributed by atoms with Gasteiger partial charge in [0.05, 0.1) is 12.1 Å². The lowest BCUT2D eigenvalue weighted by molar-refractivity contribution is -0.144. The second-order valence-corrected chi connectivity index (χ2v) is 6.30. The Morgan fingerprint density at radius 3 is 2.67 bits per heavy atom. The van der Waals surface area contributed by atoms with Crippen LogP contribution in [0.25, 0.3) is 0 Å². The first kappa shape index (κ1) is 18.3. The topological polar surface area (TPSA) is 116 Å². The van der Waals surface area contributed by atoms with Crippen molar-refractivity contribution in [2.24, 2.45) is 5.92 Å². The van der Waals surface area contributed by atoms with Crippen LogP contribution in [0.1, 0.15) is 39.5 Å². The van der Waals surface area contributed by atoms with Gasteiger partial charge >= 0.3 is 12.1 Å². The number of aliphatic carboxylic acids is 1. The lowest BCUT2D eigenvalue weighted by Crippen LogP contribution is -2.54. The predicted molar refractivity (Wildman–Crippen MR) is 84.3 cm³/mol. The van der Waals surface area contributed by atoms with Gasteiger partial charge in [0.15, 0.2) is 6.23 Å². The number of hydrogen-bond acceptors (Lipinski definition) is 5. The van der Waals surface area contributed by atoms with E-state index >= 15 is 0 Å². The van der Waals surface area contributed by atoms with Gasteiger partial charge in [0.2, 0.25) is 5.91 Å². The Kier molecular flexibility index (Phi) is 5.82. The van der Waals surface area contributed by atoms with Crippen LogP contribution in [0.3, 0.4) is 0 Å². The molecule has 0 saturated carbocycles. The minimum atomic E-state index is -1.42. The Morgan fingerprint density at radius 1 is 1.38 bits per heavy atom. The van der Waals surface area contributed by atoms with Crippen molar-refractivity contribution in [1.29, 1.82) is 0 Å². The van der Waals surface area contributed by atoms with Gasteiger partial charge in [-0.3, -0.25) is 19.8 Å². The summed E-state index contributed by atoms with van der Waals surface area (Å²) in [6.45, 7) is 3.47. The van der Waals surface area contributed by atoms with E-state index in [2.05, 4.69) is 5.32 Å². The Hall–Kier alpha value is -2.09. The SMILES string of the molecule is CCC[C@H](N[C@@H](C)C(=O)N1C(OC(=O)O)CC2CC=CC21)C(=O)O. The molecule has 1 fully saturated rings. The van der Waals surface area contributed by atoms with Crippen LogP contribution in [-0.4, -0.2) is 57.5 Å². The van der Waals surface area contributed by atoms with Crippen LogP contribution >= 0.6 is 0 Å². The number of carboxylic acid groups (broad SMARTS) is 2. The van der Waals surface area contributed by atoms with Gasteiger partial charge in [-0.1, -0.05) is 25.5 Å². The number of carbonyl (C=O) groups is 3. The molecule has 2 rings (SSSR count). The number of carboxylic acids is 1. The molecule has 1 aliphatic heterocycles. The van der Waals surface area contributed by atoms with E-state index in [1.165, 1.54) is 4.90 Å². The lowest BCUT2D eigenvalue weighted by atomic mass is 10.0. The molecule has 1 aliphatic carbocycles. The maximum absolute atomic E-state index is 12.8. The molecular formula is C16H24N2O6. The number of allylic oxidation sites excluding steroid dienone is 1. The molecule has 1 amide bonds. The summed E-state index contributed by atoms with van der Waals surface area (Å²) >= 11 is 0. The number of ether oxygens (including phenoxy) is 1. The average Bonchev–Trinajstić information content (AvgIpc) is 3.05. The number of amides is 1. The van der Waals surface area contributed by atoms with Crippen molar-refractivity contribution in [3.05, 3.63) is 12.2 Å². The molecule has 2 aliphatic rings. The molecule has 0 spiro atoms. The molecule has 3 unspecified atom stereocenters. The van der Waals surface area contributed by atoms with Gasteiger partial charge in [0.25, 0.3) is 0 Å². The molecule has 8 heteroatoms. The van der Waals surface area contributed by atoms with E-state index in [0.717, 1.165) is 6.42 Å². The molecule has 1 saturated heterocycles. The van der Waals surface area contributed by atoms with Crippen molar-refractivity contribution in [3.63, 3.8) is 0 Å². The largest absolute Gasteiger partial charge is 0.507 e. The quantitative estimate of drug-likeness (QED) is 0.474. The van der Waals surface area contributed by atoms with E-state index in [1.54, 1.807) is 6.92 Å². The Labute approximate surface area is 140 Å². The zero-order chi connectivity index (χ0) is 17.9. The number of nitrogens with one attached hydrogen (secondary N) is 1. The van der Waals surface area contributed by atoms with E-state index in [0.29, 0.717) is 19.3 Å². The van der Waals surface area contributed by atoms with Gasteiger partial charge in [0, 0.05) is 6.42 Å². The molecule has 24 heavy (non-hydrogen) atoms. The zero-order valence-electron chi connectivity index (χ0n) is 13.8. The van der Waals surface area contributed by atoms with Crippen LogP contribution in [0.15, 0.2) is 12.2 Å². The summed E-state index contributed by atoms with van der Waals surface area (Å²) in [4.78, 5) is 36.4. The first-order valence-corrected chi connectivity index (χ1v) is 8.22. The van der Waals surface area contributed by atoms with Crippen molar-refractivity contribution in [2.45, 2.75) is 63.9 Å². The number of rotatable bonds is 7. The third kappa shape index (κ3) is 3.87. The van der Waals surface area contributed by atoms with Gasteiger partial charge < -0.3 is 14.9 Å². The molecule has 1 heterocycles. The van der Waals surface area contributed by atoms with Crippen molar-refractivity contribution >= 4 is 18.0 Å². The first-order chi connectivity index (χ1) is 11.3. The van der Waals surface area contributed by atoms with E-state index < -0.39 is 30.4 Å². The number of fused-ring (bicyclic) bond motifs is 1. The Balaban J connectivity index is 2.10.